The van der Waals surface area contributed by atoms with E-state index in [4.69, 9.17) is 4.74 Å². The number of aromatic nitrogens is 2. The lowest BCUT2D eigenvalue weighted by Crippen LogP contribution is -2.17. The largest absolute Gasteiger partial charge is 0.496 e. The summed E-state index contributed by atoms with van der Waals surface area (Å²) in [6.45, 7) is 0. The fraction of sp³-hybridized carbons (Fsp3) is 0.0556. The second-order valence-electron chi connectivity index (χ2n) is 5.41. The van der Waals surface area contributed by atoms with Crippen LogP contribution in [0.15, 0.2) is 59.7 Å². The highest BCUT2D eigenvalue weighted by molar-refractivity contribution is 5.94. The fourth-order valence-electron chi connectivity index (χ4n) is 2.34. The van der Waals surface area contributed by atoms with E-state index in [0.29, 0.717) is 17.0 Å². The van der Waals surface area contributed by atoms with Gasteiger partial charge in [0.1, 0.15) is 11.4 Å². The van der Waals surface area contributed by atoms with Crippen molar-refractivity contribution in [3.8, 4) is 17.0 Å². The molecule has 0 spiro atoms. The molecule has 27 heavy (non-hydrogen) atoms. The third-order valence-electron chi connectivity index (χ3n) is 3.69. The predicted octanol–water partition coefficient (Wildman–Crippen LogP) is 2.76. The van der Waals surface area contributed by atoms with Crippen LogP contribution in [0.25, 0.3) is 11.3 Å². The number of non-ortho nitro benzene ring substituents is 1. The van der Waals surface area contributed by atoms with Crippen LogP contribution in [-0.2, 0) is 0 Å². The normalized spacial score (nSPS) is 10.7. The number of nitrogens with one attached hydrogen (secondary N) is 2. The Morgan fingerprint density at radius 1 is 1.26 bits per heavy atom. The molecule has 9 nitrogen and oxygen atoms in total. The van der Waals surface area contributed by atoms with E-state index in [-0.39, 0.29) is 11.4 Å². The number of ether oxygens (including phenoxy) is 1. The second-order valence-corrected chi connectivity index (χ2v) is 5.41. The molecule has 3 aromatic rings. The van der Waals surface area contributed by atoms with Crippen molar-refractivity contribution in [1.82, 2.24) is 15.6 Å². The molecule has 1 heterocycles. The maximum atomic E-state index is 12.2. The number of hydrazone groups is 1. The Kier molecular flexibility index (Phi) is 5.22. The third kappa shape index (κ3) is 4.15. The minimum Gasteiger partial charge on any atom is -0.496 e. The van der Waals surface area contributed by atoms with Gasteiger partial charge in [0.25, 0.3) is 11.6 Å². The van der Waals surface area contributed by atoms with Crippen molar-refractivity contribution in [2.24, 2.45) is 5.10 Å². The summed E-state index contributed by atoms with van der Waals surface area (Å²) < 4.78 is 5.29. The van der Waals surface area contributed by atoms with E-state index >= 15 is 0 Å². The molecule has 1 aromatic heterocycles. The number of nitro benzene ring substituents is 1. The second kappa shape index (κ2) is 7.91. The number of nitro groups is 1. The Hall–Kier alpha value is -4.01. The van der Waals surface area contributed by atoms with Crippen LogP contribution in [-0.4, -0.2) is 34.4 Å². The first-order valence-electron chi connectivity index (χ1n) is 7.85. The van der Waals surface area contributed by atoms with Gasteiger partial charge in [0, 0.05) is 17.7 Å². The molecule has 0 aliphatic carbocycles. The van der Waals surface area contributed by atoms with Crippen LogP contribution in [0.5, 0.6) is 5.75 Å². The Bertz CT molecular complexity index is 995. The van der Waals surface area contributed by atoms with Crippen LogP contribution in [0.2, 0.25) is 0 Å². The van der Waals surface area contributed by atoms with Gasteiger partial charge in [-0.05, 0) is 35.9 Å². The monoisotopic (exact) mass is 365 g/mol. The van der Waals surface area contributed by atoms with Crippen LogP contribution in [0.3, 0.4) is 0 Å². The van der Waals surface area contributed by atoms with Gasteiger partial charge in [-0.3, -0.25) is 20.0 Å². The van der Waals surface area contributed by atoms with E-state index in [2.05, 4.69) is 20.7 Å². The number of aromatic amines is 1. The summed E-state index contributed by atoms with van der Waals surface area (Å²) >= 11 is 0. The van der Waals surface area contributed by atoms with Gasteiger partial charge in [-0.2, -0.15) is 10.2 Å². The van der Waals surface area contributed by atoms with Crippen molar-refractivity contribution in [1.29, 1.82) is 0 Å². The molecular formula is C18H15N5O4. The van der Waals surface area contributed by atoms with Crippen LogP contribution in [0.1, 0.15) is 16.1 Å². The van der Waals surface area contributed by atoms with E-state index in [1.54, 1.807) is 19.2 Å². The maximum Gasteiger partial charge on any atom is 0.289 e. The average Bonchev–Trinajstić information content (AvgIpc) is 3.18. The zero-order valence-corrected chi connectivity index (χ0v) is 14.2. The van der Waals surface area contributed by atoms with Crippen LogP contribution in [0, 0.1) is 10.1 Å². The first kappa shape index (κ1) is 17.8. The molecule has 0 aliphatic heterocycles. The van der Waals surface area contributed by atoms with Crippen molar-refractivity contribution >= 4 is 17.8 Å². The van der Waals surface area contributed by atoms with Crippen LogP contribution >= 0.6 is 0 Å². The molecule has 9 heteroatoms. The molecule has 3 rings (SSSR count). The summed E-state index contributed by atoms with van der Waals surface area (Å²) in [4.78, 5) is 22.3. The lowest BCUT2D eigenvalue weighted by atomic mass is 10.1. The SMILES string of the molecule is COc1ccccc1-c1cc(C(=O)N/N=C/c2ccc([N+](=O)[O-])cc2)[nH]n1. The summed E-state index contributed by atoms with van der Waals surface area (Å²) in [5, 5.41) is 21.2. The molecule has 0 aliphatic rings. The van der Waals surface area contributed by atoms with Crippen molar-refractivity contribution < 1.29 is 14.5 Å². The Labute approximate surface area is 153 Å². The van der Waals surface area contributed by atoms with E-state index in [9.17, 15) is 14.9 Å². The number of rotatable bonds is 6. The molecule has 136 valence electrons. The van der Waals surface area contributed by atoms with Crippen molar-refractivity contribution in [3.63, 3.8) is 0 Å². The summed E-state index contributed by atoms with van der Waals surface area (Å²) in [6.07, 6.45) is 1.39. The smallest absolute Gasteiger partial charge is 0.289 e. The molecular weight excluding hydrogens is 350 g/mol. The van der Waals surface area contributed by atoms with Crippen molar-refractivity contribution in [3.05, 3.63) is 76.0 Å². The molecule has 0 bridgehead atoms. The predicted molar refractivity (Wildman–Crippen MR) is 98.7 cm³/mol. The highest BCUT2D eigenvalue weighted by Crippen LogP contribution is 2.28. The molecule has 0 unspecified atom stereocenters. The van der Waals surface area contributed by atoms with Gasteiger partial charge in [0.15, 0.2) is 0 Å². The van der Waals surface area contributed by atoms with Gasteiger partial charge in [-0.25, -0.2) is 5.43 Å². The Balaban J connectivity index is 1.67. The summed E-state index contributed by atoms with van der Waals surface area (Å²) in [5.41, 5.74) is 4.52. The number of carbonyl (C=O) groups is 1. The first-order chi connectivity index (χ1) is 13.1. The maximum absolute atomic E-state index is 12.2. The molecule has 2 aromatic carbocycles. The highest BCUT2D eigenvalue weighted by atomic mass is 16.6. The van der Waals surface area contributed by atoms with E-state index in [1.807, 2.05) is 18.2 Å². The van der Waals surface area contributed by atoms with Gasteiger partial charge >= 0.3 is 0 Å². The number of nitrogens with zero attached hydrogens (tertiary/aromatic N) is 3. The lowest BCUT2D eigenvalue weighted by Gasteiger charge is -2.04. The third-order valence-corrected chi connectivity index (χ3v) is 3.69. The van der Waals surface area contributed by atoms with Gasteiger partial charge < -0.3 is 4.74 Å². The Morgan fingerprint density at radius 2 is 2.00 bits per heavy atom. The number of carbonyl (C=O) groups excluding carboxylic acids is 1. The fourth-order valence-corrected chi connectivity index (χ4v) is 2.34. The van der Waals surface area contributed by atoms with E-state index in [1.165, 1.54) is 30.5 Å². The minimum atomic E-state index is -0.486. The minimum absolute atomic E-state index is 0.0162. The summed E-state index contributed by atoms with van der Waals surface area (Å²) in [5.74, 6) is 0.175. The topological polar surface area (TPSA) is 123 Å². The number of hydrogen-bond donors (Lipinski definition) is 2. The molecule has 0 fully saturated rings. The number of amides is 1. The first-order valence-corrected chi connectivity index (χ1v) is 7.85. The standard InChI is InChI=1S/C18H15N5O4/c1-27-17-5-3-2-4-14(17)15-10-16(21-20-15)18(24)22-19-11-12-6-8-13(9-7-12)23(25)26/h2-11H,1H3,(H,20,21)(H,22,24)/b19-11+. The van der Waals surface area contributed by atoms with Gasteiger partial charge in [0.2, 0.25) is 0 Å². The molecule has 1 amide bonds. The lowest BCUT2D eigenvalue weighted by molar-refractivity contribution is -0.384. The summed E-state index contributed by atoms with van der Waals surface area (Å²) in [6, 6.07) is 14.7. The van der Waals surface area contributed by atoms with Crippen LogP contribution in [0.4, 0.5) is 5.69 Å². The number of H-pyrrole nitrogens is 1. The quantitative estimate of drug-likeness (QED) is 0.395. The number of hydrogen-bond acceptors (Lipinski definition) is 6. The Morgan fingerprint density at radius 3 is 2.70 bits per heavy atom. The van der Waals surface area contributed by atoms with Crippen molar-refractivity contribution in [2.75, 3.05) is 7.11 Å². The van der Waals surface area contributed by atoms with E-state index in [0.717, 1.165) is 5.56 Å². The van der Waals surface area contributed by atoms with Crippen LogP contribution < -0.4 is 10.2 Å². The number of benzene rings is 2. The highest BCUT2D eigenvalue weighted by Gasteiger charge is 2.13. The summed E-state index contributed by atoms with van der Waals surface area (Å²) in [7, 11) is 1.56. The van der Waals surface area contributed by atoms with E-state index < -0.39 is 10.8 Å². The zero-order chi connectivity index (χ0) is 19.2. The molecule has 0 saturated heterocycles. The molecule has 2 N–H and O–H groups in total. The molecule has 0 radical (unpaired) electrons. The van der Waals surface area contributed by atoms with Gasteiger partial charge in [0.05, 0.1) is 23.9 Å². The number of methoxy groups -OCH3 is 1. The molecule has 0 atom stereocenters. The zero-order valence-electron chi connectivity index (χ0n) is 14.2. The average molecular weight is 365 g/mol. The van der Waals surface area contributed by atoms with Crippen molar-refractivity contribution in [2.45, 2.75) is 0 Å². The van der Waals surface area contributed by atoms with Gasteiger partial charge in [-0.15, -0.1) is 0 Å². The van der Waals surface area contributed by atoms with Gasteiger partial charge in [-0.1, -0.05) is 12.1 Å². The number of para-hydroxylation sites is 1. The molecule has 0 saturated carbocycles.